The minimum Gasteiger partial charge on any atom is -0.453 e. The van der Waals surface area contributed by atoms with E-state index >= 15 is 0 Å². The highest BCUT2D eigenvalue weighted by Crippen LogP contribution is 2.32. The van der Waals surface area contributed by atoms with E-state index in [0.29, 0.717) is 19.6 Å². The van der Waals surface area contributed by atoms with Crippen molar-refractivity contribution in [2.75, 3.05) is 18.6 Å². The molecule has 2 aromatic carbocycles. The molecule has 0 unspecified atom stereocenters. The Morgan fingerprint density at radius 1 is 1.17 bits per heavy atom. The Balaban J connectivity index is 1.77. The predicted molar refractivity (Wildman–Crippen MR) is 119 cm³/mol. The van der Waals surface area contributed by atoms with Crippen molar-refractivity contribution in [1.82, 2.24) is 4.90 Å². The molecular weight excluding hydrogens is 448 g/mol. The Morgan fingerprint density at radius 2 is 1.83 bits per heavy atom. The summed E-state index contributed by atoms with van der Waals surface area (Å²) in [5.74, 6) is -0.0136. The Hall–Kier alpha value is -2.38. The number of hydrogen-bond donors (Lipinski definition) is 0. The number of para-hydroxylation sites is 1. The molecule has 7 heteroatoms. The molecule has 1 aliphatic rings. The highest BCUT2D eigenvalue weighted by molar-refractivity contribution is 9.10. The van der Waals surface area contributed by atoms with Gasteiger partial charge in [-0.3, -0.25) is 9.69 Å². The number of rotatable bonds is 6. The van der Waals surface area contributed by atoms with Crippen LogP contribution >= 0.6 is 15.9 Å². The zero-order valence-electron chi connectivity index (χ0n) is 17.5. The fourth-order valence-electron chi connectivity index (χ4n) is 3.73. The standard InChI is InChI=1S/C23H27BrN2O4/c1-23(2)26(22(28)29-3)18(16-30-23)13-14-21(27)25(15-17-9-5-4-6-10-17)20-12-8-7-11-19(20)24/h4-12,18H,13-16H2,1-3H3/t18-/m0/s1. The Labute approximate surface area is 185 Å². The Morgan fingerprint density at radius 3 is 2.50 bits per heavy atom. The van der Waals surface area contributed by atoms with Crippen molar-refractivity contribution in [2.45, 2.75) is 45.0 Å². The summed E-state index contributed by atoms with van der Waals surface area (Å²) < 4.78 is 11.6. The normalized spacial score (nSPS) is 17.6. The third-order valence-electron chi connectivity index (χ3n) is 5.26. The summed E-state index contributed by atoms with van der Waals surface area (Å²) in [6.45, 7) is 4.50. The summed E-state index contributed by atoms with van der Waals surface area (Å²) in [5, 5.41) is 0. The van der Waals surface area contributed by atoms with Gasteiger partial charge in [0.25, 0.3) is 0 Å². The molecule has 0 bridgehead atoms. The first-order valence-electron chi connectivity index (χ1n) is 9.93. The van der Waals surface area contributed by atoms with Crippen LogP contribution in [-0.2, 0) is 20.8 Å². The molecule has 0 spiro atoms. The molecule has 0 N–H and O–H groups in total. The molecule has 0 radical (unpaired) electrons. The number of carbonyl (C=O) groups excluding carboxylic acids is 2. The molecule has 0 aromatic heterocycles. The van der Waals surface area contributed by atoms with Crippen LogP contribution in [0.1, 0.15) is 32.3 Å². The maximum absolute atomic E-state index is 13.3. The van der Waals surface area contributed by atoms with Gasteiger partial charge in [-0.15, -0.1) is 0 Å². The van der Waals surface area contributed by atoms with Crippen molar-refractivity contribution in [1.29, 1.82) is 0 Å². The van der Waals surface area contributed by atoms with Crippen LogP contribution in [0.2, 0.25) is 0 Å². The second-order valence-corrected chi connectivity index (χ2v) is 8.56. The second kappa shape index (κ2) is 9.62. The van der Waals surface area contributed by atoms with Crippen molar-refractivity contribution in [2.24, 2.45) is 0 Å². The van der Waals surface area contributed by atoms with Crippen LogP contribution in [0.5, 0.6) is 0 Å². The fourth-order valence-corrected chi connectivity index (χ4v) is 4.23. The summed E-state index contributed by atoms with van der Waals surface area (Å²) in [6, 6.07) is 17.4. The molecule has 1 atom stereocenters. The van der Waals surface area contributed by atoms with E-state index in [-0.39, 0.29) is 18.4 Å². The number of anilines is 1. The average molecular weight is 475 g/mol. The lowest BCUT2D eigenvalue weighted by atomic mass is 10.1. The van der Waals surface area contributed by atoms with E-state index in [1.165, 1.54) is 7.11 Å². The zero-order valence-corrected chi connectivity index (χ0v) is 19.1. The number of methoxy groups -OCH3 is 1. The molecular formula is C23H27BrN2O4. The van der Waals surface area contributed by atoms with Gasteiger partial charge < -0.3 is 14.4 Å². The number of benzene rings is 2. The number of halogens is 1. The van der Waals surface area contributed by atoms with Gasteiger partial charge in [-0.25, -0.2) is 4.79 Å². The summed E-state index contributed by atoms with van der Waals surface area (Å²) >= 11 is 3.57. The lowest BCUT2D eigenvalue weighted by molar-refractivity contribution is -0.119. The molecule has 0 aliphatic carbocycles. The van der Waals surface area contributed by atoms with Crippen molar-refractivity contribution in [3.8, 4) is 0 Å². The number of ether oxygens (including phenoxy) is 2. The van der Waals surface area contributed by atoms with E-state index in [9.17, 15) is 9.59 Å². The predicted octanol–water partition coefficient (Wildman–Crippen LogP) is 4.97. The smallest absolute Gasteiger partial charge is 0.412 e. The molecule has 30 heavy (non-hydrogen) atoms. The molecule has 1 aliphatic heterocycles. The van der Waals surface area contributed by atoms with E-state index in [2.05, 4.69) is 15.9 Å². The van der Waals surface area contributed by atoms with E-state index in [0.717, 1.165) is 15.7 Å². The van der Waals surface area contributed by atoms with E-state index < -0.39 is 11.8 Å². The van der Waals surface area contributed by atoms with Gasteiger partial charge in [0.1, 0.15) is 5.72 Å². The number of amides is 2. The number of carbonyl (C=O) groups is 2. The topological polar surface area (TPSA) is 59.1 Å². The molecule has 1 fully saturated rings. The van der Waals surface area contributed by atoms with Gasteiger partial charge in [-0.05, 0) is 53.9 Å². The van der Waals surface area contributed by atoms with Crippen LogP contribution in [0, 0.1) is 0 Å². The maximum Gasteiger partial charge on any atom is 0.412 e. The van der Waals surface area contributed by atoms with Crippen molar-refractivity contribution >= 4 is 33.6 Å². The summed E-state index contributed by atoms with van der Waals surface area (Å²) in [4.78, 5) is 28.9. The van der Waals surface area contributed by atoms with Crippen LogP contribution in [0.4, 0.5) is 10.5 Å². The highest BCUT2D eigenvalue weighted by Gasteiger charge is 2.44. The minimum absolute atomic E-state index is 0.0136. The third kappa shape index (κ3) is 5.02. The lowest BCUT2D eigenvalue weighted by Crippen LogP contribution is -2.48. The molecule has 160 valence electrons. The van der Waals surface area contributed by atoms with E-state index in [1.54, 1.807) is 9.80 Å². The van der Waals surface area contributed by atoms with Crippen molar-refractivity contribution in [3.63, 3.8) is 0 Å². The van der Waals surface area contributed by atoms with Gasteiger partial charge in [0.2, 0.25) is 5.91 Å². The summed E-state index contributed by atoms with van der Waals surface area (Å²) in [5.41, 5.74) is 1.11. The molecule has 0 saturated carbocycles. The Bertz CT molecular complexity index is 888. The minimum atomic E-state index is -0.757. The maximum atomic E-state index is 13.3. The zero-order chi connectivity index (χ0) is 21.7. The van der Waals surface area contributed by atoms with E-state index in [1.807, 2.05) is 68.4 Å². The van der Waals surface area contributed by atoms with Gasteiger partial charge in [0.05, 0.1) is 32.0 Å². The number of hydrogen-bond acceptors (Lipinski definition) is 4. The quantitative estimate of drug-likeness (QED) is 0.593. The molecule has 6 nitrogen and oxygen atoms in total. The van der Waals surface area contributed by atoms with Crippen LogP contribution in [0.3, 0.4) is 0 Å². The van der Waals surface area contributed by atoms with Crippen molar-refractivity contribution < 1.29 is 19.1 Å². The van der Waals surface area contributed by atoms with Crippen LogP contribution in [0.15, 0.2) is 59.1 Å². The van der Waals surface area contributed by atoms with E-state index in [4.69, 9.17) is 9.47 Å². The average Bonchev–Trinajstić information content (AvgIpc) is 3.05. The molecule has 1 heterocycles. The van der Waals surface area contributed by atoms with Gasteiger partial charge in [0.15, 0.2) is 0 Å². The van der Waals surface area contributed by atoms with Crippen molar-refractivity contribution in [3.05, 3.63) is 64.6 Å². The molecule has 2 aromatic rings. The first kappa shape index (κ1) is 22.3. The van der Waals surface area contributed by atoms with Gasteiger partial charge in [-0.2, -0.15) is 0 Å². The summed E-state index contributed by atoms with van der Waals surface area (Å²) in [6.07, 6.45) is 0.334. The second-order valence-electron chi connectivity index (χ2n) is 7.71. The van der Waals surface area contributed by atoms with Crippen LogP contribution in [-0.4, -0.2) is 42.4 Å². The molecule has 2 amide bonds. The lowest BCUT2D eigenvalue weighted by Gasteiger charge is -2.32. The van der Waals surface area contributed by atoms with Crippen LogP contribution in [0.25, 0.3) is 0 Å². The van der Waals surface area contributed by atoms with Crippen LogP contribution < -0.4 is 4.90 Å². The first-order chi connectivity index (χ1) is 14.3. The largest absolute Gasteiger partial charge is 0.453 e. The third-order valence-corrected chi connectivity index (χ3v) is 5.94. The first-order valence-corrected chi connectivity index (χ1v) is 10.7. The molecule has 1 saturated heterocycles. The Kier molecular flexibility index (Phi) is 7.15. The number of nitrogens with zero attached hydrogens (tertiary/aromatic N) is 2. The summed E-state index contributed by atoms with van der Waals surface area (Å²) in [7, 11) is 1.35. The molecule has 3 rings (SSSR count). The van der Waals surface area contributed by atoms with Gasteiger partial charge >= 0.3 is 6.09 Å². The van der Waals surface area contributed by atoms with Gasteiger partial charge in [-0.1, -0.05) is 42.5 Å². The SMILES string of the molecule is COC(=O)N1[C@@H](CCC(=O)N(Cc2ccccc2)c2ccccc2Br)COC1(C)C. The monoisotopic (exact) mass is 474 g/mol. The fraction of sp³-hybridized carbons (Fsp3) is 0.391. The van der Waals surface area contributed by atoms with Gasteiger partial charge in [0, 0.05) is 10.9 Å². The highest BCUT2D eigenvalue weighted by atomic mass is 79.9.